The molecule has 0 saturated carbocycles. The zero-order valence-corrected chi connectivity index (χ0v) is 9.74. The molecular formula is C12H11N3O3. The molecule has 0 spiro atoms. The fourth-order valence-electron chi connectivity index (χ4n) is 1.20. The standard InChI is InChI=1S/C12H11N3O3/c1-2-18-12(17)7-6-11(16)9-4-3-5-10(8-9)14-15-13/h3-8H,2H2,1H3/b7-6+. The molecule has 0 bridgehead atoms. The molecule has 0 saturated heterocycles. The Morgan fingerprint density at radius 1 is 1.44 bits per heavy atom. The monoisotopic (exact) mass is 245 g/mol. The first kappa shape index (κ1) is 13.5. The van der Waals surface area contributed by atoms with Crippen LogP contribution < -0.4 is 0 Å². The topological polar surface area (TPSA) is 92.1 Å². The van der Waals surface area contributed by atoms with Crippen LogP contribution in [-0.4, -0.2) is 18.4 Å². The molecule has 0 radical (unpaired) electrons. The van der Waals surface area contributed by atoms with Crippen molar-refractivity contribution in [2.45, 2.75) is 6.92 Å². The van der Waals surface area contributed by atoms with Crippen LogP contribution in [0.2, 0.25) is 0 Å². The van der Waals surface area contributed by atoms with Crippen molar-refractivity contribution in [1.82, 2.24) is 0 Å². The number of ether oxygens (including phenoxy) is 1. The van der Waals surface area contributed by atoms with Crippen molar-refractivity contribution in [3.05, 3.63) is 52.4 Å². The Bertz CT molecular complexity index is 531. The van der Waals surface area contributed by atoms with Gasteiger partial charge in [0.2, 0.25) is 0 Å². The molecule has 92 valence electrons. The molecule has 0 aliphatic carbocycles. The van der Waals surface area contributed by atoms with E-state index in [1.54, 1.807) is 25.1 Å². The summed E-state index contributed by atoms with van der Waals surface area (Å²) >= 11 is 0. The Morgan fingerprint density at radius 3 is 2.89 bits per heavy atom. The molecule has 1 rings (SSSR count). The van der Waals surface area contributed by atoms with Crippen molar-refractivity contribution < 1.29 is 14.3 Å². The van der Waals surface area contributed by atoms with Crippen LogP contribution in [0.5, 0.6) is 0 Å². The number of allylic oxidation sites excluding steroid dienone is 1. The highest BCUT2D eigenvalue weighted by molar-refractivity contribution is 6.07. The molecule has 0 aliphatic rings. The fraction of sp³-hybridized carbons (Fsp3) is 0.167. The predicted octanol–water partition coefficient (Wildman–Crippen LogP) is 2.93. The number of hydrogen-bond donors (Lipinski definition) is 0. The van der Waals surface area contributed by atoms with Gasteiger partial charge in [-0.05, 0) is 24.6 Å². The van der Waals surface area contributed by atoms with Gasteiger partial charge in [-0.25, -0.2) is 4.79 Å². The molecule has 0 amide bonds. The molecule has 18 heavy (non-hydrogen) atoms. The first-order valence-corrected chi connectivity index (χ1v) is 5.21. The zero-order chi connectivity index (χ0) is 13.4. The molecule has 0 fully saturated rings. The first-order chi connectivity index (χ1) is 8.67. The molecule has 6 nitrogen and oxygen atoms in total. The minimum atomic E-state index is -0.572. The quantitative estimate of drug-likeness (QED) is 0.199. The lowest BCUT2D eigenvalue weighted by Crippen LogP contribution is -2.01. The average molecular weight is 245 g/mol. The number of rotatable bonds is 5. The second kappa shape index (κ2) is 6.88. The minimum absolute atomic E-state index is 0.254. The van der Waals surface area contributed by atoms with E-state index in [1.165, 1.54) is 6.07 Å². The molecule has 0 aromatic heterocycles. The molecule has 0 unspecified atom stereocenters. The van der Waals surface area contributed by atoms with Crippen LogP contribution in [0.15, 0.2) is 41.5 Å². The van der Waals surface area contributed by atoms with Gasteiger partial charge in [-0.3, -0.25) is 4.79 Å². The predicted molar refractivity (Wildman–Crippen MR) is 65.4 cm³/mol. The number of nitrogens with zero attached hydrogens (tertiary/aromatic N) is 3. The summed E-state index contributed by atoms with van der Waals surface area (Å²) in [5.41, 5.74) is 8.96. The van der Waals surface area contributed by atoms with E-state index in [0.29, 0.717) is 11.3 Å². The molecule has 6 heteroatoms. The van der Waals surface area contributed by atoms with E-state index in [-0.39, 0.29) is 12.4 Å². The van der Waals surface area contributed by atoms with E-state index in [2.05, 4.69) is 14.8 Å². The van der Waals surface area contributed by atoms with Gasteiger partial charge in [0, 0.05) is 22.2 Å². The van der Waals surface area contributed by atoms with Crippen molar-refractivity contribution in [2.75, 3.05) is 6.61 Å². The number of carbonyl (C=O) groups is 2. The number of benzene rings is 1. The van der Waals surface area contributed by atoms with Gasteiger partial charge in [0.15, 0.2) is 5.78 Å². The highest BCUT2D eigenvalue weighted by atomic mass is 16.5. The molecule has 0 aliphatic heterocycles. The normalized spacial score (nSPS) is 9.83. The summed E-state index contributed by atoms with van der Waals surface area (Å²) in [6.07, 6.45) is 2.18. The highest BCUT2D eigenvalue weighted by Gasteiger charge is 2.03. The van der Waals surface area contributed by atoms with Gasteiger partial charge in [-0.1, -0.05) is 23.3 Å². The summed E-state index contributed by atoms with van der Waals surface area (Å²) in [7, 11) is 0. The van der Waals surface area contributed by atoms with Gasteiger partial charge < -0.3 is 4.74 Å². The molecule has 0 heterocycles. The molecule has 1 aromatic rings. The van der Waals surface area contributed by atoms with E-state index in [4.69, 9.17) is 5.53 Å². The smallest absolute Gasteiger partial charge is 0.330 e. The van der Waals surface area contributed by atoms with Crippen molar-refractivity contribution >= 4 is 17.4 Å². The van der Waals surface area contributed by atoms with Crippen molar-refractivity contribution in [3.63, 3.8) is 0 Å². The molecule has 0 N–H and O–H groups in total. The maximum Gasteiger partial charge on any atom is 0.330 e. The van der Waals surface area contributed by atoms with Crippen LogP contribution in [0.4, 0.5) is 5.69 Å². The number of azide groups is 1. The maximum absolute atomic E-state index is 11.7. The van der Waals surface area contributed by atoms with Gasteiger partial charge in [-0.2, -0.15) is 0 Å². The number of ketones is 1. The number of esters is 1. The third-order valence-electron chi connectivity index (χ3n) is 1.95. The van der Waals surface area contributed by atoms with Crippen LogP contribution in [0.3, 0.4) is 0 Å². The number of hydrogen-bond acceptors (Lipinski definition) is 4. The van der Waals surface area contributed by atoms with Gasteiger partial charge in [0.05, 0.1) is 6.61 Å². The Morgan fingerprint density at radius 2 is 2.22 bits per heavy atom. The summed E-state index contributed by atoms with van der Waals surface area (Å²) in [5, 5.41) is 3.39. The van der Waals surface area contributed by atoms with E-state index < -0.39 is 5.97 Å². The Labute approximate surface area is 104 Å². The van der Waals surface area contributed by atoms with Crippen LogP contribution >= 0.6 is 0 Å². The van der Waals surface area contributed by atoms with E-state index >= 15 is 0 Å². The van der Waals surface area contributed by atoms with Crippen molar-refractivity contribution in [3.8, 4) is 0 Å². The summed E-state index contributed by atoms with van der Waals surface area (Å²) in [6.45, 7) is 1.93. The largest absolute Gasteiger partial charge is 0.463 e. The molecule has 0 atom stereocenters. The second-order valence-corrected chi connectivity index (χ2v) is 3.19. The van der Waals surface area contributed by atoms with Crippen LogP contribution in [0.1, 0.15) is 17.3 Å². The van der Waals surface area contributed by atoms with E-state index in [1.807, 2.05) is 0 Å². The SMILES string of the molecule is CCOC(=O)/C=C/C(=O)c1cccc(N=[N+]=[N-])c1. The van der Waals surface area contributed by atoms with Crippen LogP contribution in [-0.2, 0) is 9.53 Å². The third kappa shape index (κ3) is 4.11. The fourth-order valence-corrected chi connectivity index (χ4v) is 1.20. The van der Waals surface area contributed by atoms with Crippen LogP contribution in [0.25, 0.3) is 10.4 Å². The van der Waals surface area contributed by atoms with Gasteiger partial charge in [-0.15, -0.1) is 0 Å². The van der Waals surface area contributed by atoms with E-state index in [0.717, 1.165) is 12.2 Å². The highest BCUT2D eigenvalue weighted by Crippen LogP contribution is 2.14. The Hall–Kier alpha value is -2.59. The summed E-state index contributed by atoms with van der Waals surface area (Å²) in [4.78, 5) is 25.3. The van der Waals surface area contributed by atoms with Gasteiger partial charge in [0.1, 0.15) is 0 Å². The lowest BCUT2D eigenvalue weighted by molar-refractivity contribution is -0.137. The lowest BCUT2D eigenvalue weighted by atomic mass is 10.1. The molecular weight excluding hydrogens is 234 g/mol. The Balaban J connectivity index is 2.81. The minimum Gasteiger partial charge on any atom is -0.463 e. The summed E-state index contributed by atoms with van der Waals surface area (Å²) in [5.74, 6) is -0.935. The number of carbonyl (C=O) groups excluding carboxylic acids is 2. The van der Waals surface area contributed by atoms with Crippen molar-refractivity contribution in [1.29, 1.82) is 0 Å². The van der Waals surface area contributed by atoms with Gasteiger partial charge >= 0.3 is 5.97 Å². The third-order valence-corrected chi connectivity index (χ3v) is 1.95. The van der Waals surface area contributed by atoms with Crippen molar-refractivity contribution in [2.24, 2.45) is 5.11 Å². The Kier molecular flexibility index (Phi) is 5.15. The zero-order valence-electron chi connectivity index (χ0n) is 9.74. The lowest BCUT2D eigenvalue weighted by Gasteiger charge is -1.97. The van der Waals surface area contributed by atoms with Gasteiger partial charge in [0.25, 0.3) is 0 Å². The average Bonchev–Trinajstić information content (AvgIpc) is 2.37. The summed E-state index contributed by atoms with van der Waals surface area (Å²) < 4.78 is 4.65. The first-order valence-electron chi connectivity index (χ1n) is 5.21. The maximum atomic E-state index is 11.7. The summed E-state index contributed by atoms with van der Waals surface area (Å²) in [6, 6.07) is 6.17. The second-order valence-electron chi connectivity index (χ2n) is 3.19. The van der Waals surface area contributed by atoms with Crippen LogP contribution in [0, 0.1) is 0 Å². The van der Waals surface area contributed by atoms with E-state index in [9.17, 15) is 9.59 Å². The molecule has 1 aromatic carbocycles.